The molecule has 0 amide bonds. The largest absolute Gasteiger partial charge is 0.479 e. The highest BCUT2D eigenvalue weighted by atomic mass is 16.7. The van der Waals surface area contributed by atoms with Gasteiger partial charge in [0.15, 0.2) is 12.2 Å². The number of nitrogens with zero attached hydrogens (tertiary/aromatic N) is 3. The SMILES string of the molecule is C=CCOC(=O)[C@H]1O[C@@H](OC(=O)c2ccc(N3CC[C@H](C[C@H](C)c4cccc5ccccc45)C3)cc2)[C@H](O)[C@@H](O)[C@@H]1O.C[C@@H](C[C@H]1CCN(c2ccc(C(=O)O)cc2)C1)c1cccc2ccccc12.C[C@@H](C[C@H]1CCN(c2ccc(C(=O)O[C@@H]3O[C@H](C(=O)O)[C@@H](O)[C@H](O)[C@H]3O)cc2)C1)c1cccc2ccccc12. The lowest BCUT2D eigenvalue weighted by Gasteiger charge is -2.38. The smallest absolute Gasteiger partial charge is 0.340 e. The minimum absolute atomic E-state index is 0.137. The Balaban J connectivity index is 0.000000155. The van der Waals surface area contributed by atoms with Gasteiger partial charge in [-0.2, -0.15) is 0 Å². The highest BCUT2D eigenvalue weighted by Gasteiger charge is 2.50. The van der Waals surface area contributed by atoms with Crippen molar-refractivity contribution < 1.29 is 88.5 Å². The molecule has 8 N–H and O–H groups in total. The van der Waals surface area contributed by atoms with Crippen molar-refractivity contribution >= 4 is 79.2 Å². The highest BCUT2D eigenvalue weighted by Crippen LogP contribution is 2.39. The maximum atomic E-state index is 12.8. The van der Waals surface area contributed by atoms with Crippen molar-refractivity contribution in [2.45, 2.75) is 138 Å². The number of anilines is 3. The van der Waals surface area contributed by atoms with Crippen LogP contribution >= 0.6 is 0 Å². The zero-order valence-electron chi connectivity index (χ0n) is 60.8. The lowest BCUT2D eigenvalue weighted by molar-refractivity contribution is -0.279. The Kier molecular flexibility index (Phi) is 25.4. The molecule has 108 heavy (non-hydrogen) atoms. The molecule has 5 aliphatic heterocycles. The Labute approximate surface area is 627 Å². The van der Waals surface area contributed by atoms with Crippen molar-refractivity contribution in [3.63, 3.8) is 0 Å². The monoisotopic (exact) mass is 1470 g/mol. The molecule has 5 fully saturated rings. The molecule has 9 aromatic carbocycles. The molecule has 0 radical (unpaired) electrons. The standard InChI is InChI=1S/C33H37NO8.C30H33NO8.C24H25NO2/c1-3-17-40-32(39)30-28(36)27(35)29(37)33(41-30)42-31(38)23-11-13-24(14-12-23)34-16-15-21(19-34)18-20(2)25-10-6-8-22-7-4-5-9-26(22)25;1-17(22-8-4-6-19-5-2-3-7-23(19)22)15-18-13-14-31(16-18)21-11-9-20(10-12-21)29(37)39-30-26(34)24(32)25(33)27(38-30)28(35)36;1-17(22-8-4-6-19-5-2-3-7-23(19)22)15-18-13-14-25(16-18)21-11-9-20(10-12-21)24(26)27/h3-14,20-21,27-30,33,35-37H,1,15-19H2,2H3;2-12,17-18,24-27,30,32-34H,13-16H2,1H3,(H,35,36);2-12,17-18H,13-16H2,1H3,(H,26,27)/t20-,21+,27-,28-,29+,30-,33-;17-,18+,24-,25-,26+,27-,30-;17-,18+/m000/s1. The number of hydrogen-bond acceptors (Lipinski definition) is 19. The Hall–Kier alpha value is -10.1. The molecule has 5 heterocycles. The first-order valence-corrected chi connectivity index (χ1v) is 37.1. The van der Waals surface area contributed by atoms with Crippen molar-refractivity contribution in [3.05, 3.63) is 246 Å². The second-order valence-corrected chi connectivity index (χ2v) is 29.2. The summed E-state index contributed by atoms with van der Waals surface area (Å²) >= 11 is 0. The number of esters is 3. The number of fused-ring (bicyclic) bond motifs is 3. The van der Waals surface area contributed by atoms with E-state index in [0.717, 1.165) is 82.0 Å². The number of ether oxygens (including phenoxy) is 5. The molecule has 0 saturated carbocycles. The second kappa shape index (κ2) is 35.3. The predicted molar refractivity (Wildman–Crippen MR) is 411 cm³/mol. The Morgan fingerprint density at radius 2 is 0.750 bits per heavy atom. The average molecular weight is 1470 g/mol. The number of carbonyl (C=O) groups is 5. The molecule has 14 rings (SSSR count). The van der Waals surface area contributed by atoms with Gasteiger partial charge in [-0.15, -0.1) is 0 Å². The number of aliphatic hydroxyl groups is 6. The van der Waals surface area contributed by atoms with Gasteiger partial charge in [-0.05, 0) is 196 Å². The van der Waals surface area contributed by atoms with Crippen LogP contribution in [-0.4, -0.2) is 178 Å². The number of aliphatic carboxylic acids is 1. The van der Waals surface area contributed by atoms with Crippen molar-refractivity contribution in [2.24, 2.45) is 17.8 Å². The van der Waals surface area contributed by atoms with Crippen LogP contribution in [0.5, 0.6) is 0 Å². The van der Waals surface area contributed by atoms with Crippen LogP contribution < -0.4 is 14.7 Å². The minimum Gasteiger partial charge on any atom is -0.479 e. The van der Waals surface area contributed by atoms with Gasteiger partial charge in [-0.3, -0.25) is 0 Å². The van der Waals surface area contributed by atoms with Gasteiger partial charge in [0.2, 0.25) is 12.6 Å². The summed E-state index contributed by atoms with van der Waals surface area (Å²) in [4.78, 5) is 66.9. The van der Waals surface area contributed by atoms with E-state index in [1.54, 1.807) is 36.4 Å². The maximum Gasteiger partial charge on any atom is 0.340 e. The first kappa shape index (κ1) is 77.5. The third-order valence-corrected chi connectivity index (χ3v) is 21.8. The van der Waals surface area contributed by atoms with E-state index in [2.05, 4.69) is 169 Å². The number of carboxylic acid groups (broad SMARTS) is 2. The number of aromatic carboxylic acids is 1. The van der Waals surface area contributed by atoms with Crippen molar-refractivity contribution in [1.82, 2.24) is 0 Å². The quantitative estimate of drug-likeness (QED) is 0.0188. The minimum atomic E-state index is -1.86. The van der Waals surface area contributed by atoms with Gasteiger partial charge in [0.05, 0.1) is 16.7 Å². The maximum absolute atomic E-state index is 12.8. The lowest BCUT2D eigenvalue weighted by Crippen LogP contribution is -2.60. The third-order valence-electron chi connectivity index (χ3n) is 21.8. The van der Waals surface area contributed by atoms with Crippen LogP contribution in [0.25, 0.3) is 32.3 Å². The van der Waals surface area contributed by atoms with Gasteiger partial charge in [0.25, 0.3) is 0 Å². The second-order valence-electron chi connectivity index (χ2n) is 29.2. The number of hydrogen-bond donors (Lipinski definition) is 8. The average Bonchev–Trinajstić information content (AvgIpc) is 1.08. The van der Waals surface area contributed by atoms with Crippen LogP contribution in [-0.2, 0) is 33.3 Å². The van der Waals surface area contributed by atoms with Crippen molar-refractivity contribution in [3.8, 4) is 0 Å². The molecule has 0 spiro atoms. The molecule has 0 bridgehead atoms. The summed E-state index contributed by atoms with van der Waals surface area (Å²) < 4.78 is 25.6. The number of carboxylic acids is 2. The summed E-state index contributed by atoms with van der Waals surface area (Å²) in [5.41, 5.74) is 8.02. The molecular weight excluding hydrogens is 1370 g/mol. The molecule has 5 saturated heterocycles. The van der Waals surface area contributed by atoms with Gasteiger partial charge in [0.1, 0.15) is 43.2 Å². The molecule has 16 atom stereocenters. The molecule has 0 aliphatic carbocycles. The van der Waals surface area contributed by atoms with Crippen LogP contribution in [0.15, 0.2) is 213 Å². The highest BCUT2D eigenvalue weighted by molar-refractivity contribution is 5.92. The number of aliphatic hydroxyl groups excluding tert-OH is 6. The number of carbonyl (C=O) groups excluding carboxylic acids is 3. The van der Waals surface area contributed by atoms with Crippen LogP contribution in [0.4, 0.5) is 17.1 Å². The van der Waals surface area contributed by atoms with Gasteiger partial charge in [-0.1, -0.05) is 161 Å². The Bertz CT molecular complexity index is 4580. The van der Waals surface area contributed by atoms with Crippen LogP contribution in [0, 0.1) is 17.8 Å². The van der Waals surface area contributed by atoms with E-state index in [1.165, 1.54) is 67.9 Å². The first-order chi connectivity index (χ1) is 52.1. The van der Waals surface area contributed by atoms with Crippen molar-refractivity contribution in [1.29, 1.82) is 0 Å². The van der Waals surface area contributed by atoms with Gasteiger partial charge in [0, 0.05) is 56.3 Å². The van der Waals surface area contributed by atoms with E-state index in [4.69, 9.17) is 33.9 Å². The van der Waals surface area contributed by atoms with Crippen LogP contribution in [0.1, 0.15) is 125 Å². The predicted octanol–water partition coefficient (Wildman–Crippen LogP) is 12.0. The normalized spacial score (nSPS) is 24.9. The van der Waals surface area contributed by atoms with Gasteiger partial charge < -0.3 is 79.2 Å². The van der Waals surface area contributed by atoms with Gasteiger partial charge >= 0.3 is 29.8 Å². The van der Waals surface area contributed by atoms with Crippen LogP contribution in [0.3, 0.4) is 0 Å². The summed E-state index contributed by atoms with van der Waals surface area (Å²) in [5, 5.41) is 86.4. The number of benzene rings is 9. The zero-order valence-corrected chi connectivity index (χ0v) is 60.8. The molecule has 21 heteroatoms. The summed E-state index contributed by atoms with van der Waals surface area (Å²) in [7, 11) is 0. The van der Waals surface area contributed by atoms with Gasteiger partial charge in [-0.25, -0.2) is 24.0 Å². The van der Waals surface area contributed by atoms with E-state index in [1.807, 2.05) is 36.4 Å². The Morgan fingerprint density at radius 1 is 0.426 bits per heavy atom. The summed E-state index contributed by atoms with van der Waals surface area (Å²) in [6, 6.07) is 66.3. The lowest BCUT2D eigenvalue weighted by atomic mass is 9.87. The summed E-state index contributed by atoms with van der Waals surface area (Å²) in [6.07, 6.45) is -9.67. The molecule has 5 aliphatic rings. The fourth-order valence-corrected chi connectivity index (χ4v) is 16.0. The fourth-order valence-electron chi connectivity index (χ4n) is 16.0. The zero-order chi connectivity index (χ0) is 76.3. The van der Waals surface area contributed by atoms with E-state index in [0.29, 0.717) is 41.1 Å². The van der Waals surface area contributed by atoms with E-state index in [9.17, 15) is 54.6 Å². The topological polar surface area (TPSA) is 303 Å². The van der Waals surface area contributed by atoms with E-state index >= 15 is 0 Å². The first-order valence-electron chi connectivity index (χ1n) is 37.1. The molecule has 0 aromatic heterocycles. The molecule has 0 unspecified atom stereocenters. The molecule has 9 aromatic rings. The van der Waals surface area contributed by atoms with Crippen LogP contribution in [0.2, 0.25) is 0 Å². The number of rotatable bonds is 21. The fraction of sp³-hybridized carbons (Fsp3) is 0.368. The molecule has 21 nitrogen and oxygen atoms in total. The summed E-state index contributed by atoms with van der Waals surface area (Å²) in [5.74, 6) is -1.92. The Morgan fingerprint density at radius 3 is 1.09 bits per heavy atom. The van der Waals surface area contributed by atoms with E-state index < -0.39 is 91.3 Å². The molecular formula is C87H95N3O18. The molecule has 566 valence electrons. The third kappa shape index (κ3) is 18.2. The summed E-state index contributed by atoms with van der Waals surface area (Å²) in [6.45, 7) is 16.0. The van der Waals surface area contributed by atoms with Crippen molar-refractivity contribution in [2.75, 3.05) is 60.6 Å². The van der Waals surface area contributed by atoms with E-state index in [-0.39, 0.29) is 17.7 Å².